The number of piperidine rings is 1. The molecular formula is C21H27N3O2S. The Kier molecular flexibility index (Phi) is 6.29. The van der Waals surface area contributed by atoms with Crippen molar-refractivity contribution >= 4 is 28.2 Å². The number of hydrogen-bond acceptors (Lipinski definition) is 4. The Morgan fingerprint density at radius 1 is 1.19 bits per heavy atom. The summed E-state index contributed by atoms with van der Waals surface area (Å²) < 4.78 is 0. The molecule has 1 aromatic heterocycles. The number of thiophene rings is 1. The molecule has 144 valence electrons. The second kappa shape index (κ2) is 8.67. The standard InChI is InChI=1S/C21H27N3O2S/c1-14(2)16-3-5-17(6-4-16)19(25)23-20-18(9-12-27-20)21(26)24-10-7-15(13-22)8-11-24/h3-6,9,12,14-15H,7-8,10-11,13,22H2,1-2H3,(H,23,25). The van der Waals surface area contributed by atoms with Gasteiger partial charge in [0.25, 0.3) is 11.8 Å². The second-order valence-electron chi connectivity index (χ2n) is 7.37. The van der Waals surface area contributed by atoms with E-state index in [0.29, 0.717) is 34.5 Å². The van der Waals surface area contributed by atoms with Gasteiger partial charge in [0, 0.05) is 18.7 Å². The molecule has 0 radical (unpaired) electrons. The Morgan fingerprint density at radius 3 is 2.44 bits per heavy atom. The van der Waals surface area contributed by atoms with E-state index in [2.05, 4.69) is 19.2 Å². The van der Waals surface area contributed by atoms with E-state index in [9.17, 15) is 9.59 Å². The molecule has 1 fully saturated rings. The first-order valence-corrected chi connectivity index (χ1v) is 10.4. The van der Waals surface area contributed by atoms with Crippen LogP contribution in [0.1, 0.15) is 58.9 Å². The van der Waals surface area contributed by atoms with Gasteiger partial charge in [-0.2, -0.15) is 0 Å². The molecule has 0 aliphatic carbocycles. The van der Waals surface area contributed by atoms with Gasteiger partial charge in [-0.1, -0.05) is 26.0 Å². The fourth-order valence-electron chi connectivity index (χ4n) is 3.31. The first-order chi connectivity index (χ1) is 13.0. The Bertz CT molecular complexity index is 790. The van der Waals surface area contributed by atoms with Crippen molar-refractivity contribution < 1.29 is 9.59 Å². The molecule has 0 spiro atoms. The molecule has 6 heteroatoms. The van der Waals surface area contributed by atoms with Crippen LogP contribution in [0.2, 0.25) is 0 Å². The SMILES string of the molecule is CC(C)c1ccc(C(=O)Nc2sccc2C(=O)N2CCC(CN)CC2)cc1. The molecular weight excluding hydrogens is 358 g/mol. The minimum Gasteiger partial charge on any atom is -0.339 e. The lowest BCUT2D eigenvalue weighted by Crippen LogP contribution is -2.40. The highest BCUT2D eigenvalue weighted by Gasteiger charge is 2.25. The van der Waals surface area contributed by atoms with Crippen molar-refractivity contribution in [3.8, 4) is 0 Å². The number of anilines is 1. The molecule has 1 aromatic carbocycles. The quantitative estimate of drug-likeness (QED) is 0.819. The maximum atomic E-state index is 12.9. The molecule has 1 aliphatic heterocycles. The first-order valence-electron chi connectivity index (χ1n) is 9.47. The van der Waals surface area contributed by atoms with E-state index in [1.807, 2.05) is 34.5 Å². The van der Waals surface area contributed by atoms with Crippen molar-refractivity contribution in [1.29, 1.82) is 0 Å². The van der Waals surface area contributed by atoms with E-state index in [-0.39, 0.29) is 11.8 Å². The van der Waals surface area contributed by atoms with Gasteiger partial charge in [-0.3, -0.25) is 9.59 Å². The van der Waals surface area contributed by atoms with Crippen molar-refractivity contribution in [2.45, 2.75) is 32.6 Å². The van der Waals surface area contributed by atoms with Gasteiger partial charge in [0.1, 0.15) is 5.00 Å². The Labute approximate surface area is 164 Å². The summed E-state index contributed by atoms with van der Waals surface area (Å²) in [5, 5.41) is 5.36. The zero-order valence-corrected chi connectivity index (χ0v) is 16.7. The highest BCUT2D eigenvalue weighted by atomic mass is 32.1. The van der Waals surface area contributed by atoms with Crippen molar-refractivity contribution in [1.82, 2.24) is 4.90 Å². The van der Waals surface area contributed by atoms with E-state index >= 15 is 0 Å². The highest BCUT2D eigenvalue weighted by Crippen LogP contribution is 2.27. The molecule has 2 aromatic rings. The van der Waals surface area contributed by atoms with E-state index in [1.54, 1.807) is 6.07 Å². The fraction of sp³-hybridized carbons (Fsp3) is 0.429. The Balaban J connectivity index is 1.67. The molecule has 0 saturated carbocycles. The summed E-state index contributed by atoms with van der Waals surface area (Å²) >= 11 is 1.38. The maximum Gasteiger partial charge on any atom is 0.256 e. The minimum atomic E-state index is -0.191. The average Bonchev–Trinajstić information content (AvgIpc) is 3.15. The van der Waals surface area contributed by atoms with Crippen LogP contribution >= 0.6 is 11.3 Å². The molecule has 1 saturated heterocycles. The lowest BCUT2D eigenvalue weighted by Gasteiger charge is -2.31. The molecule has 0 bridgehead atoms. The molecule has 0 atom stereocenters. The van der Waals surface area contributed by atoms with Crippen molar-refractivity contribution in [3.05, 3.63) is 52.4 Å². The topological polar surface area (TPSA) is 75.4 Å². The number of rotatable bonds is 5. The number of nitrogens with one attached hydrogen (secondary N) is 1. The van der Waals surface area contributed by atoms with Gasteiger partial charge in [-0.25, -0.2) is 0 Å². The fourth-order valence-corrected chi connectivity index (χ4v) is 4.09. The Morgan fingerprint density at radius 2 is 1.85 bits per heavy atom. The highest BCUT2D eigenvalue weighted by molar-refractivity contribution is 7.14. The third kappa shape index (κ3) is 4.57. The van der Waals surface area contributed by atoms with Crippen LogP contribution in [-0.4, -0.2) is 36.3 Å². The molecule has 3 N–H and O–H groups in total. The van der Waals surface area contributed by atoms with Crippen LogP contribution in [0.3, 0.4) is 0 Å². The normalized spacial score (nSPS) is 15.2. The second-order valence-corrected chi connectivity index (χ2v) is 8.28. The summed E-state index contributed by atoms with van der Waals surface area (Å²) in [7, 11) is 0. The first kappa shape index (κ1) is 19.6. The van der Waals surface area contributed by atoms with E-state index in [0.717, 1.165) is 25.9 Å². The largest absolute Gasteiger partial charge is 0.339 e. The van der Waals surface area contributed by atoms with Gasteiger partial charge >= 0.3 is 0 Å². The monoisotopic (exact) mass is 385 g/mol. The molecule has 0 unspecified atom stereocenters. The molecule has 1 aliphatic rings. The molecule has 5 nitrogen and oxygen atoms in total. The van der Waals surface area contributed by atoms with Crippen LogP contribution in [-0.2, 0) is 0 Å². The van der Waals surface area contributed by atoms with Crippen molar-refractivity contribution in [2.24, 2.45) is 11.7 Å². The van der Waals surface area contributed by atoms with E-state index in [4.69, 9.17) is 5.73 Å². The number of benzene rings is 1. The van der Waals surface area contributed by atoms with Crippen LogP contribution in [0.15, 0.2) is 35.7 Å². The minimum absolute atomic E-state index is 0.0165. The Hall–Kier alpha value is -2.18. The number of nitrogens with zero attached hydrogens (tertiary/aromatic N) is 1. The van der Waals surface area contributed by atoms with E-state index in [1.165, 1.54) is 16.9 Å². The maximum absolute atomic E-state index is 12.9. The van der Waals surface area contributed by atoms with Crippen LogP contribution in [0.5, 0.6) is 0 Å². The zero-order valence-electron chi connectivity index (χ0n) is 15.9. The van der Waals surface area contributed by atoms with Crippen LogP contribution in [0, 0.1) is 5.92 Å². The third-order valence-electron chi connectivity index (χ3n) is 5.20. The molecule has 3 rings (SSSR count). The van der Waals surface area contributed by atoms with Crippen molar-refractivity contribution in [2.75, 3.05) is 25.0 Å². The van der Waals surface area contributed by atoms with Gasteiger partial charge < -0.3 is 16.0 Å². The average molecular weight is 386 g/mol. The molecule has 2 amide bonds. The number of carbonyl (C=O) groups excluding carboxylic acids is 2. The lowest BCUT2D eigenvalue weighted by atomic mass is 9.97. The molecule has 2 heterocycles. The van der Waals surface area contributed by atoms with Crippen LogP contribution in [0.4, 0.5) is 5.00 Å². The van der Waals surface area contributed by atoms with Gasteiger partial charge in [-0.15, -0.1) is 11.3 Å². The number of hydrogen-bond donors (Lipinski definition) is 2. The lowest BCUT2D eigenvalue weighted by molar-refractivity contribution is 0.0695. The van der Waals surface area contributed by atoms with Crippen LogP contribution < -0.4 is 11.1 Å². The summed E-state index contributed by atoms with van der Waals surface area (Å²) in [6, 6.07) is 9.40. The third-order valence-corrected chi connectivity index (χ3v) is 6.03. The van der Waals surface area contributed by atoms with Gasteiger partial charge in [0.05, 0.1) is 5.56 Å². The van der Waals surface area contributed by atoms with E-state index < -0.39 is 0 Å². The van der Waals surface area contributed by atoms with Gasteiger partial charge in [-0.05, 0) is 60.4 Å². The number of carbonyl (C=O) groups is 2. The smallest absolute Gasteiger partial charge is 0.256 e. The summed E-state index contributed by atoms with van der Waals surface area (Å²) in [6.45, 7) is 6.36. The van der Waals surface area contributed by atoms with Crippen LogP contribution in [0.25, 0.3) is 0 Å². The predicted molar refractivity (Wildman–Crippen MR) is 110 cm³/mol. The molecule has 27 heavy (non-hydrogen) atoms. The number of likely N-dealkylation sites (tertiary alicyclic amines) is 1. The van der Waals surface area contributed by atoms with Crippen molar-refractivity contribution in [3.63, 3.8) is 0 Å². The predicted octanol–water partition coefficient (Wildman–Crippen LogP) is 3.93. The number of amides is 2. The summed E-state index contributed by atoms with van der Waals surface area (Å²) in [5.74, 6) is 0.720. The zero-order chi connectivity index (χ0) is 19.4. The van der Waals surface area contributed by atoms with Gasteiger partial charge in [0.2, 0.25) is 0 Å². The van der Waals surface area contributed by atoms with Gasteiger partial charge in [0.15, 0.2) is 0 Å². The summed E-state index contributed by atoms with van der Waals surface area (Å²) in [4.78, 5) is 27.3. The summed E-state index contributed by atoms with van der Waals surface area (Å²) in [5.41, 5.74) is 8.08. The summed E-state index contributed by atoms with van der Waals surface area (Å²) in [6.07, 6.45) is 1.88. The number of nitrogens with two attached hydrogens (primary N) is 1.